The van der Waals surface area contributed by atoms with Crippen LogP contribution in [0.5, 0.6) is 0 Å². The van der Waals surface area contributed by atoms with Gasteiger partial charge in [0.05, 0.1) is 11.5 Å². The second-order valence-corrected chi connectivity index (χ2v) is 8.10. The highest BCUT2D eigenvalue weighted by atomic mass is 32.2. The Morgan fingerprint density at radius 1 is 1.19 bits per heavy atom. The van der Waals surface area contributed by atoms with E-state index in [0.717, 1.165) is 37.4 Å². The fraction of sp³-hybridized carbons (Fsp3) is 1.00. The van der Waals surface area contributed by atoms with E-state index in [1.165, 1.54) is 12.8 Å². The molecule has 0 amide bonds. The molecule has 0 unspecified atom stereocenters. The molecular weight excluding hydrogens is 222 g/mol. The highest BCUT2D eigenvalue weighted by molar-refractivity contribution is 7.91. The van der Waals surface area contributed by atoms with Gasteiger partial charge in [0, 0.05) is 19.6 Å². The van der Waals surface area contributed by atoms with Gasteiger partial charge in [-0.2, -0.15) is 0 Å². The molecule has 0 spiro atoms. The van der Waals surface area contributed by atoms with Gasteiger partial charge in [0.2, 0.25) is 0 Å². The van der Waals surface area contributed by atoms with Crippen molar-refractivity contribution in [3.8, 4) is 0 Å². The molecule has 1 heterocycles. The predicted molar refractivity (Wildman–Crippen MR) is 66.1 cm³/mol. The van der Waals surface area contributed by atoms with Crippen molar-refractivity contribution in [2.24, 2.45) is 17.8 Å². The number of hydrogen-bond donors (Lipinski definition) is 0. The van der Waals surface area contributed by atoms with Crippen LogP contribution in [-0.2, 0) is 9.84 Å². The summed E-state index contributed by atoms with van der Waals surface area (Å²) in [6, 6.07) is 0. The third-order valence-corrected chi connectivity index (χ3v) is 5.78. The standard InChI is InChI=1S/C12H23NO2S/c1-10(2)12-7-11(8-12)9-13-3-5-16(14,15)6-4-13/h10-12H,3-9H2,1-2H3/t11-,12-. The van der Waals surface area contributed by atoms with E-state index in [1.807, 2.05) is 0 Å². The van der Waals surface area contributed by atoms with Crippen LogP contribution in [0.2, 0.25) is 0 Å². The Hall–Kier alpha value is -0.0900. The molecule has 1 saturated heterocycles. The van der Waals surface area contributed by atoms with E-state index in [9.17, 15) is 8.42 Å². The van der Waals surface area contributed by atoms with Crippen LogP contribution in [0.3, 0.4) is 0 Å². The average Bonchev–Trinajstić information content (AvgIpc) is 2.12. The lowest BCUT2D eigenvalue weighted by Gasteiger charge is -2.41. The number of sulfone groups is 1. The predicted octanol–water partition coefficient (Wildman–Crippen LogP) is 1.40. The third-order valence-electron chi connectivity index (χ3n) is 4.17. The second kappa shape index (κ2) is 4.65. The van der Waals surface area contributed by atoms with Crippen LogP contribution >= 0.6 is 0 Å². The second-order valence-electron chi connectivity index (χ2n) is 5.79. The smallest absolute Gasteiger partial charge is 0.152 e. The van der Waals surface area contributed by atoms with Crippen molar-refractivity contribution < 1.29 is 8.42 Å². The Labute approximate surface area is 99.1 Å². The van der Waals surface area contributed by atoms with Crippen LogP contribution in [-0.4, -0.2) is 44.5 Å². The molecule has 2 rings (SSSR count). The summed E-state index contributed by atoms with van der Waals surface area (Å²) < 4.78 is 22.6. The van der Waals surface area contributed by atoms with Gasteiger partial charge in [0.1, 0.15) is 0 Å². The van der Waals surface area contributed by atoms with E-state index in [4.69, 9.17) is 0 Å². The maximum atomic E-state index is 11.3. The Morgan fingerprint density at radius 3 is 2.25 bits per heavy atom. The number of nitrogens with zero attached hydrogens (tertiary/aromatic N) is 1. The van der Waals surface area contributed by atoms with Crippen LogP contribution in [0.4, 0.5) is 0 Å². The zero-order chi connectivity index (χ0) is 11.8. The van der Waals surface area contributed by atoms with Gasteiger partial charge in [-0.25, -0.2) is 8.42 Å². The first-order chi connectivity index (χ1) is 7.46. The van der Waals surface area contributed by atoms with Gasteiger partial charge in [0.25, 0.3) is 0 Å². The monoisotopic (exact) mass is 245 g/mol. The largest absolute Gasteiger partial charge is 0.301 e. The lowest BCUT2D eigenvalue weighted by Crippen LogP contribution is -2.45. The van der Waals surface area contributed by atoms with Crippen LogP contribution < -0.4 is 0 Å². The number of rotatable bonds is 3. The first-order valence-electron chi connectivity index (χ1n) is 6.39. The molecule has 0 N–H and O–H groups in total. The summed E-state index contributed by atoms with van der Waals surface area (Å²) in [6.07, 6.45) is 2.70. The molecule has 94 valence electrons. The first-order valence-corrected chi connectivity index (χ1v) is 8.21. The highest BCUT2D eigenvalue weighted by Crippen LogP contribution is 2.39. The van der Waals surface area contributed by atoms with E-state index in [-0.39, 0.29) is 0 Å². The van der Waals surface area contributed by atoms with Crippen molar-refractivity contribution in [1.29, 1.82) is 0 Å². The molecular formula is C12H23NO2S. The molecule has 16 heavy (non-hydrogen) atoms. The Bertz CT molecular complexity index is 317. The Balaban J connectivity index is 1.69. The molecule has 0 bridgehead atoms. The van der Waals surface area contributed by atoms with Gasteiger partial charge >= 0.3 is 0 Å². The molecule has 0 aromatic heterocycles. The molecule has 2 fully saturated rings. The zero-order valence-electron chi connectivity index (χ0n) is 10.4. The van der Waals surface area contributed by atoms with Gasteiger partial charge in [-0.3, -0.25) is 0 Å². The van der Waals surface area contributed by atoms with E-state index in [1.54, 1.807) is 0 Å². The Kier molecular flexibility index (Phi) is 3.59. The van der Waals surface area contributed by atoms with Crippen molar-refractivity contribution in [2.75, 3.05) is 31.1 Å². The van der Waals surface area contributed by atoms with Crippen molar-refractivity contribution in [1.82, 2.24) is 4.90 Å². The molecule has 1 saturated carbocycles. The Morgan fingerprint density at radius 2 is 1.75 bits per heavy atom. The van der Waals surface area contributed by atoms with E-state index in [2.05, 4.69) is 18.7 Å². The van der Waals surface area contributed by atoms with Crippen LogP contribution in [0.1, 0.15) is 26.7 Å². The van der Waals surface area contributed by atoms with Crippen LogP contribution in [0.15, 0.2) is 0 Å². The van der Waals surface area contributed by atoms with Gasteiger partial charge in [-0.05, 0) is 30.6 Å². The summed E-state index contributed by atoms with van der Waals surface area (Å²) in [7, 11) is -2.71. The van der Waals surface area contributed by atoms with Gasteiger partial charge < -0.3 is 4.90 Å². The summed E-state index contributed by atoms with van der Waals surface area (Å²) in [5, 5.41) is 0. The molecule has 0 atom stereocenters. The molecule has 1 aliphatic carbocycles. The summed E-state index contributed by atoms with van der Waals surface area (Å²) in [4.78, 5) is 2.34. The number of hydrogen-bond acceptors (Lipinski definition) is 3. The molecule has 1 aliphatic heterocycles. The lowest BCUT2D eigenvalue weighted by atomic mass is 9.69. The maximum Gasteiger partial charge on any atom is 0.152 e. The third kappa shape index (κ3) is 2.98. The van der Waals surface area contributed by atoms with Crippen molar-refractivity contribution in [2.45, 2.75) is 26.7 Å². The normalized spacial score (nSPS) is 34.9. The molecule has 2 aliphatic rings. The zero-order valence-corrected chi connectivity index (χ0v) is 11.2. The minimum Gasteiger partial charge on any atom is -0.301 e. The van der Waals surface area contributed by atoms with Crippen molar-refractivity contribution >= 4 is 9.84 Å². The molecule has 0 radical (unpaired) electrons. The minimum absolute atomic E-state index is 0.368. The summed E-state index contributed by atoms with van der Waals surface area (Å²) in [5.41, 5.74) is 0. The summed E-state index contributed by atoms with van der Waals surface area (Å²) >= 11 is 0. The molecule has 4 heteroatoms. The van der Waals surface area contributed by atoms with Gasteiger partial charge in [-0.15, -0.1) is 0 Å². The first kappa shape index (κ1) is 12.4. The highest BCUT2D eigenvalue weighted by Gasteiger charge is 2.33. The molecule has 0 aromatic carbocycles. The van der Waals surface area contributed by atoms with Crippen molar-refractivity contribution in [3.05, 3.63) is 0 Å². The molecule has 3 nitrogen and oxygen atoms in total. The fourth-order valence-corrected chi connectivity index (χ4v) is 4.06. The molecule has 0 aromatic rings. The lowest BCUT2D eigenvalue weighted by molar-refractivity contribution is 0.0986. The van der Waals surface area contributed by atoms with E-state index >= 15 is 0 Å². The average molecular weight is 245 g/mol. The summed E-state index contributed by atoms with van der Waals surface area (Å²) in [5.74, 6) is 3.30. The fourth-order valence-electron chi connectivity index (χ4n) is 2.78. The van der Waals surface area contributed by atoms with Crippen LogP contribution in [0, 0.1) is 17.8 Å². The van der Waals surface area contributed by atoms with Gasteiger partial charge in [-0.1, -0.05) is 13.8 Å². The van der Waals surface area contributed by atoms with Crippen molar-refractivity contribution in [3.63, 3.8) is 0 Å². The topological polar surface area (TPSA) is 37.4 Å². The maximum absolute atomic E-state index is 11.3. The van der Waals surface area contributed by atoms with Crippen LogP contribution in [0.25, 0.3) is 0 Å². The summed E-state index contributed by atoms with van der Waals surface area (Å²) in [6.45, 7) is 7.23. The van der Waals surface area contributed by atoms with Gasteiger partial charge in [0.15, 0.2) is 9.84 Å². The van der Waals surface area contributed by atoms with E-state index in [0.29, 0.717) is 11.5 Å². The quantitative estimate of drug-likeness (QED) is 0.754. The minimum atomic E-state index is -2.71. The SMILES string of the molecule is CC(C)[C@H]1C[C@H](CN2CCS(=O)(=O)CC2)C1. The van der Waals surface area contributed by atoms with E-state index < -0.39 is 9.84 Å².